The van der Waals surface area contributed by atoms with E-state index in [0.717, 1.165) is 12.8 Å². The smallest absolute Gasteiger partial charge is 0.241 e. The fourth-order valence-electron chi connectivity index (χ4n) is 2.89. The predicted molar refractivity (Wildman–Crippen MR) is 78.8 cm³/mol. The van der Waals surface area contributed by atoms with Crippen molar-refractivity contribution in [3.05, 3.63) is 29.3 Å². The molecule has 0 radical (unpaired) electrons. The van der Waals surface area contributed by atoms with Crippen LogP contribution in [0.4, 0.5) is 0 Å². The summed E-state index contributed by atoms with van der Waals surface area (Å²) in [5, 5.41) is 9.16. The molecule has 112 valence electrons. The van der Waals surface area contributed by atoms with Gasteiger partial charge in [0.15, 0.2) is 0 Å². The van der Waals surface area contributed by atoms with E-state index in [2.05, 4.69) is 4.72 Å². The van der Waals surface area contributed by atoms with Gasteiger partial charge in [0.25, 0.3) is 0 Å². The molecule has 1 aromatic rings. The number of sulfonamides is 1. The average Bonchev–Trinajstić information content (AvgIpc) is 2.92. The number of rotatable bonds is 5. The van der Waals surface area contributed by atoms with Crippen LogP contribution >= 0.6 is 0 Å². The standard InChI is InChI=1S/C15H23NO3S/c1-11-7-8-13(10-17)9-15(11)20(18,19)16-12(2)14-5-3-4-6-14/h7-9,12,14,16-17H,3-6,10H2,1-2H3. The van der Waals surface area contributed by atoms with E-state index in [0.29, 0.717) is 17.0 Å². The quantitative estimate of drug-likeness (QED) is 0.876. The number of aliphatic hydroxyl groups excluding tert-OH is 1. The van der Waals surface area contributed by atoms with Gasteiger partial charge in [-0.2, -0.15) is 0 Å². The highest BCUT2D eigenvalue weighted by Crippen LogP contribution is 2.28. The van der Waals surface area contributed by atoms with Gasteiger partial charge < -0.3 is 5.11 Å². The lowest BCUT2D eigenvalue weighted by atomic mass is 10.0. The number of benzene rings is 1. The fourth-order valence-corrected chi connectivity index (χ4v) is 4.50. The molecule has 1 atom stereocenters. The van der Waals surface area contributed by atoms with E-state index >= 15 is 0 Å². The summed E-state index contributed by atoms with van der Waals surface area (Å²) in [4.78, 5) is 0.272. The molecule has 1 aliphatic carbocycles. The third-order valence-corrected chi connectivity index (χ3v) is 5.87. The molecule has 1 saturated carbocycles. The Balaban J connectivity index is 2.21. The maximum absolute atomic E-state index is 12.5. The molecule has 0 aromatic heterocycles. The summed E-state index contributed by atoms with van der Waals surface area (Å²) in [6.07, 6.45) is 4.57. The van der Waals surface area contributed by atoms with Crippen LogP contribution in [0.15, 0.2) is 23.1 Å². The largest absolute Gasteiger partial charge is 0.392 e. The second-order valence-corrected chi connectivity index (χ2v) is 7.39. The van der Waals surface area contributed by atoms with E-state index in [-0.39, 0.29) is 17.5 Å². The fraction of sp³-hybridized carbons (Fsp3) is 0.600. The van der Waals surface area contributed by atoms with Gasteiger partial charge in [0.2, 0.25) is 10.0 Å². The molecule has 4 nitrogen and oxygen atoms in total. The zero-order valence-electron chi connectivity index (χ0n) is 12.1. The highest BCUT2D eigenvalue weighted by molar-refractivity contribution is 7.89. The summed E-state index contributed by atoms with van der Waals surface area (Å²) in [5.74, 6) is 0.436. The van der Waals surface area contributed by atoms with Gasteiger partial charge >= 0.3 is 0 Å². The van der Waals surface area contributed by atoms with Crippen LogP contribution < -0.4 is 4.72 Å². The second kappa shape index (κ2) is 6.24. The number of hydrogen-bond acceptors (Lipinski definition) is 3. The minimum absolute atomic E-state index is 0.0420. The van der Waals surface area contributed by atoms with Crippen molar-refractivity contribution in [2.45, 2.75) is 57.1 Å². The molecule has 0 spiro atoms. The van der Waals surface area contributed by atoms with Gasteiger partial charge in [0.05, 0.1) is 11.5 Å². The zero-order chi connectivity index (χ0) is 14.8. The maximum Gasteiger partial charge on any atom is 0.241 e. The average molecular weight is 297 g/mol. The Labute approximate surface area is 121 Å². The molecule has 0 amide bonds. The van der Waals surface area contributed by atoms with Crippen LogP contribution in [0.2, 0.25) is 0 Å². The van der Waals surface area contributed by atoms with E-state index in [1.807, 2.05) is 6.92 Å². The van der Waals surface area contributed by atoms with Crippen molar-refractivity contribution in [3.63, 3.8) is 0 Å². The monoisotopic (exact) mass is 297 g/mol. The van der Waals surface area contributed by atoms with E-state index in [9.17, 15) is 8.42 Å². The Morgan fingerprint density at radius 2 is 2.00 bits per heavy atom. The summed E-state index contributed by atoms with van der Waals surface area (Å²) in [6.45, 7) is 3.57. The third-order valence-electron chi connectivity index (χ3n) is 4.17. The van der Waals surface area contributed by atoms with Crippen molar-refractivity contribution < 1.29 is 13.5 Å². The van der Waals surface area contributed by atoms with Crippen molar-refractivity contribution in [2.75, 3.05) is 0 Å². The van der Waals surface area contributed by atoms with E-state index in [1.54, 1.807) is 25.1 Å². The Hall–Kier alpha value is -0.910. The van der Waals surface area contributed by atoms with Crippen LogP contribution in [0, 0.1) is 12.8 Å². The van der Waals surface area contributed by atoms with Crippen molar-refractivity contribution in [1.29, 1.82) is 0 Å². The zero-order valence-corrected chi connectivity index (χ0v) is 12.9. The molecule has 0 bridgehead atoms. The lowest BCUT2D eigenvalue weighted by Gasteiger charge is -2.21. The lowest BCUT2D eigenvalue weighted by molar-refractivity contribution is 0.281. The molecule has 0 aliphatic heterocycles. The van der Waals surface area contributed by atoms with Gasteiger partial charge in [-0.25, -0.2) is 13.1 Å². The Morgan fingerprint density at radius 3 is 2.60 bits per heavy atom. The van der Waals surface area contributed by atoms with Gasteiger partial charge in [0.1, 0.15) is 0 Å². The number of nitrogens with one attached hydrogen (secondary N) is 1. The number of hydrogen-bond donors (Lipinski definition) is 2. The van der Waals surface area contributed by atoms with Gasteiger partial charge in [-0.15, -0.1) is 0 Å². The van der Waals surface area contributed by atoms with Crippen molar-refractivity contribution in [3.8, 4) is 0 Å². The minimum atomic E-state index is -3.52. The molecular weight excluding hydrogens is 274 g/mol. The first kappa shape index (κ1) is 15.5. The van der Waals surface area contributed by atoms with Crippen molar-refractivity contribution in [1.82, 2.24) is 4.72 Å². The summed E-state index contributed by atoms with van der Waals surface area (Å²) in [6, 6.07) is 4.99. The van der Waals surface area contributed by atoms with Gasteiger partial charge in [-0.3, -0.25) is 0 Å². The lowest BCUT2D eigenvalue weighted by Crippen LogP contribution is -2.37. The molecule has 2 N–H and O–H groups in total. The van der Waals surface area contributed by atoms with Crippen molar-refractivity contribution >= 4 is 10.0 Å². The topological polar surface area (TPSA) is 66.4 Å². The van der Waals surface area contributed by atoms with E-state index < -0.39 is 10.0 Å². The first-order chi connectivity index (χ1) is 9.44. The van der Waals surface area contributed by atoms with Crippen LogP contribution in [0.1, 0.15) is 43.7 Å². The third kappa shape index (κ3) is 3.40. The van der Waals surface area contributed by atoms with Crippen LogP contribution in [-0.2, 0) is 16.6 Å². The Bertz CT molecular complexity index is 562. The van der Waals surface area contributed by atoms with E-state index in [4.69, 9.17) is 5.11 Å². The van der Waals surface area contributed by atoms with Crippen LogP contribution in [0.5, 0.6) is 0 Å². The predicted octanol–water partition coefficient (Wildman–Crippen LogP) is 2.34. The summed E-state index contributed by atoms with van der Waals surface area (Å²) in [7, 11) is -3.52. The molecule has 1 unspecified atom stereocenters. The molecular formula is C15H23NO3S. The molecule has 0 heterocycles. The van der Waals surface area contributed by atoms with Gasteiger partial charge in [-0.1, -0.05) is 25.0 Å². The second-order valence-electron chi connectivity index (χ2n) is 5.71. The highest BCUT2D eigenvalue weighted by atomic mass is 32.2. The Morgan fingerprint density at radius 1 is 1.35 bits per heavy atom. The van der Waals surface area contributed by atoms with Crippen LogP contribution in [-0.4, -0.2) is 19.6 Å². The number of aliphatic hydroxyl groups is 1. The maximum atomic E-state index is 12.5. The molecule has 2 rings (SSSR count). The van der Waals surface area contributed by atoms with Gasteiger partial charge in [0, 0.05) is 6.04 Å². The van der Waals surface area contributed by atoms with Crippen LogP contribution in [0.3, 0.4) is 0 Å². The number of aryl methyl sites for hydroxylation is 1. The molecule has 1 aliphatic rings. The molecule has 1 fully saturated rings. The highest BCUT2D eigenvalue weighted by Gasteiger charge is 2.27. The van der Waals surface area contributed by atoms with Crippen molar-refractivity contribution in [2.24, 2.45) is 5.92 Å². The normalized spacial score (nSPS) is 18.4. The minimum Gasteiger partial charge on any atom is -0.392 e. The summed E-state index contributed by atoms with van der Waals surface area (Å²) >= 11 is 0. The molecule has 0 saturated heterocycles. The van der Waals surface area contributed by atoms with E-state index in [1.165, 1.54) is 12.8 Å². The van der Waals surface area contributed by atoms with Gasteiger partial charge in [-0.05, 0) is 49.8 Å². The summed E-state index contributed by atoms with van der Waals surface area (Å²) < 4.78 is 27.8. The Kier molecular flexibility index (Phi) is 4.83. The van der Waals surface area contributed by atoms with Crippen LogP contribution in [0.25, 0.3) is 0 Å². The first-order valence-corrected chi connectivity index (χ1v) is 8.65. The molecule has 20 heavy (non-hydrogen) atoms. The first-order valence-electron chi connectivity index (χ1n) is 7.17. The molecule has 1 aromatic carbocycles. The summed E-state index contributed by atoms with van der Waals surface area (Å²) in [5.41, 5.74) is 1.32. The molecule has 5 heteroatoms. The SMILES string of the molecule is Cc1ccc(CO)cc1S(=O)(=O)NC(C)C1CCCC1.